The molecule has 1 N–H and O–H groups in total. The molecule has 0 radical (unpaired) electrons. The zero-order chi connectivity index (χ0) is 10.2. The molecule has 2 bridgehead atoms. The third-order valence-corrected chi connectivity index (χ3v) is 3.18. The summed E-state index contributed by atoms with van der Waals surface area (Å²) >= 11 is 0. The largest absolute Gasteiger partial charge is 0.340 e. The molecule has 2 saturated heterocycles. The minimum Gasteiger partial charge on any atom is -0.340 e. The van der Waals surface area contributed by atoms with Gasteiger partial charge in [0.1, 0.15) is 0 Å². The molecule has 2 aliphatic rings. The SMILES string of the molecule is CC1(C)CN2CCCCCC(N1)C2=O. The lowest BCUT2D eigenvalue weighted by atomic mass is 9.93. The maximum atomic E-state index is 11.9. The minimum atomic E-state index is 0.0825. The summed E-state index contributed by atoms with van der Waals surface area (Å²) in [6.45, 7) is 6.19. The van der Waals surface area contributed by atoms with Gasteiger partial charge in [0.05, 0.1) is 6.04 Å². The Morgan fingerprint density at radius 2 is 2.14 bits per heavy atom. The lowest BCUT2D eigenvalue weighted by Crippen LogP contribution is -2.65. The number of carbonyl (C=O) groups excluding carboxylic acids is 1. The Kier molecular flexibility index (Phi) is 2.52. The van der Waals surface area contributed by atoms with E-state index in [4.69, 9.17) is 0 Å². The molecule has 14 heavy (non-hydrogen) atoms. The van der Waals surface area contributed by atoms with E-state index in [0.29, 0.717) is 5.91 Å². The monoisotopic (exact) mass is 196 g/mol. The molecule has 1 amide bonds. The van der Waals surface area contributed by atoms with Crippen LogP contribution in [-0.4, -0.2) is 35.5 Å². The van der Waals surface area contributed by atoms with Crippen LogP contribution >= 0.6 is 0 Å². The van der Waals surface area contributed by atoms with Crippen LogP contribution in [0.25, 0.3) is 0 Å². The maximum absolute atomic E-state index is 11.9. The second-order valence-electron chi connectivity index (χ2n) is 5.19. The number of nitrogens with one attached hydrogen (secondary N) is 1. The first-order chi connectivity index (χ1) is 6.58. The van der Waals surface area contributed by atoms with Gasteiger partial charge in [-0.3, -0.25) is 10.1 Å². The molecule has 1 atom stereocenters. The first-order valence-corrected chi connectivity index (χ1v) is 5.65. The van der Waals surface area contributed by atoms with Crippen molar-refractivity contribution < 1.29 is 4.79 Å². The van der Waals surface area contributed by atoms with Gasteiger partial charge in [0, 0.05) is 18.6 Å². The minimum absolute atomic E-state index is 0.0825. The average Bonchev–Trinajstić information content (AvgIpc) is 2.10. The zero-order valence-corrected chi connectivity index (χ0v) is 9.18. The summed E-state index contributed by atoms with van der Waals surface area (Å²) in [5, 5.41) is 3.45. The fourth-order valence-electron chi connectivity index (χ4n) is 2.57. The molecule has 0 saturated carbocycles. The predicted octanol–water partition coefficient (Wildman–Crippen LogP) is 1.14. The van der Waals surface area contributed by atoms with Crippen LogP contribution in [0.4, 0.5) is 0 Å². The van der Waals surface area contributed by atoms with Crippen LogP contribution in [-0.2, 0) is 4.79 Å². The van der Waals surface area contributed by atoms with Crippen LogP contribution in [0.1, 0.15) is 39.5 Å². The van der Waals surface area contributed by atoms with E-state index in [1.54, 1.807) is 0 Å². The van der Waals surface area contributed by atoms with Gasteiger partial charge in [0.25, 0.3) is 0 Å². The molecule has 0 aromatic rings. The number of fused-ring (bicyclic) bond motifs is 2. The van der Waals surface area contributed by atoms with Crippen molar-refractivity contribution in [3.8, 4) is 0 Å². The number of rotatable bonds is 0. The van der Waals surface area contributed by atoms with Gasteiger partial charge < -0.3 is 4.90 Å². The van der Waals surface area contributed by atoms with Gasteiger partial charge in [-0.1, -0.05) is 12.8 Å². The number of hydrogen-bond donors (Lipinski definition) is 1. The van der Waals surface area contributed by atoms with E-state index < -0.39 is 0 Å². The van der Waals surface area contributed by atoms with Gasteiger partial charge in [-0.25, -0.2) is 0 Å². The predicted molar refractivity (Wildman–Crippen MR) is 56.1 cm³/mol. The Balaban J connectivity index is 2.15. The summed E-state index contributed by atoms with van der Waals surface area (Å²) in [6, 6.07) is 0.0825. The first kappa shape index (κ1) is 9.97. The molecule has 80 valence electrons. The second-order valence-corrected chi connectivity index (χ2v) is 5.19. The summed E-state index contributed by atoms with van der Waals surface area (Å²) in [4.78, 5) is 14.0. The lowest BCUT2D eigenvalue weighted by molar-refractivity contribution is -0.139. The van der Waals surface area contributed by atoms with Crippen molar-refractivity contribution in [1.29, 1.82) is 0 Å². The highest BCUT2D eigenvalue weighted by atomic mass is 16.2. The van der Waals surface area contributed by atoms with Crippen molar-refractivity contribution in [1.82, 2.24) is 10.2 Å². The summed E-state index contributed by atoms with van der Waals surface area (Å²) in [6.07, 6.45) is 4.64. The van der Waals surface area contributed by atoms with Gasteiger partial charge >= 0.3 is 0 Å². The van der Waals surface area contributed by atoms with Crippen molar-refractivity contribution in [3.63, 3.8) is 0 Å². The quantitative estimate of drug-likeness (QED) is 0.630. The highest BCUT2D eigenvalue weighted by Gasteiger charge is 2.37. The van der Waals surface area contributed by atoms with Crippen molar-refractivity contribution in [2.24, 2.45) is 0 Å². The molecule has 2 aliphatic heterocycles. The molecule has 0 spiro atoms. The van der Waals surface area contributed by atoms with Gasteiger partial charge in [0.15, 0.2) is 0 Å². The number of nitrogens with zero attached hydrogens (tertiary/aromatic N) is 1. The van der Waals surface area contributed by atoms with Crippen LogP contribution in [0.15, 0.2) is 0 Å². The van der Waals surface area contributed by atoms with E-state index >= 15 is 0 Å². The Morgan fingerprint density at radius 1 is 1.36 bits per heavy atom. The van der Waals surface area contributed by atoms with Crippen molar-refractivity contribution >= 4 is 5.91 Å². The topological polar surface area (TPSA) is 32.3 Å². The third-order valence-electron chi connectivity index (χ3n) is 3.18. The molecule has 2 heterocycles. The van der Waals surface area contributed by atoms with E-state index in [0.717, 1.165) is 19.5 Å². The highest BCUT2D eigenvalue weighted by molar-refractivity contribution is 5.83. The number of piperazine rings is 1. The van der Waals surface area contributed by atoms with E-state index in [1.807, 2.05) is 4.90 Å². The van der Waals surface area contributed by atoms with Gasteiger partial charge in [-0.05, 0) is 26.7 Å². The van der Waals surface area contributed by atoms with Crippen LogP contribution in [0, 0.1) is 0 Å². The summed E-state index contributed by atoms with van der Waals surface area (Å²) < 4.78 is 0. The molecular formula is C11H20N2O. The Bertz CT molecular complexity index is 217. The molecule has 0 aromatic heterocycles. The van der Waals surface area contributed by atoms with E-state index in [2.05, 4.69) is 19.2 Å². The van der Waals surface area contributed by atoms with Crippen molar-refractivity contribution in [2.75, 3.05) is 13.1 Å². The van der Waals surface area contributed by atoms with Crippen LogP contribution in [0.3, 0.4) is 0 Å². The molecule has 0 aromatic carbocycles. The number of carbonyl (C=O) groups is 1. The Hall–Kier alpha value is -0.570. The normalized spacial score (nSPS) is 32.3. The molecule has 3 heteroatoms. The average molecular weight is 196 g/mol. The smallest absolute Gasteiger partial charge is 0.239 e. The molecule has 2 rings (SSSR count). The Morgan fingerprint density at radius 3 is 2.93 bits per heavy atom. The first-order valence-electron chi connectivity index (χ1n) is 5.65. The van der Waals surface area contributed by atoms with Crippen molar-refractivity contribution in [2.45, 2.75) is 51.1 Å². The Labute approximate surface area is 85.8 Å². The zero-order valence-electron chi connectivity index (χ0n) is 9.18. The second kappa shape index (κ2) is 3.54. The highest BCUT2D eigenvalue weighted by Crippen LogP contribution is 2.21. The van der Waals surface area contributed by atoms with Crippen LogP contribution in [0.5, 0.6) is 0 Å². The van der Waals surface area contributed by atoms with Crippen LogP contribution < -0.4 is 5.32 Å². The standard InChI is InChI=1S/C11H20N2O/c1-11(2)8-13-7-5-3-4-6-9(12-11)10(13)14/h9,12H,3-8H2,1-2H3. The molecule has 0 aliphatic carbocycles. The molecule has 1 unspecified atom stereocenters. The lowest BCUT2D eigenvalue weighted by Gasteiger charge is -2.44. The molecular weight excluding hydrogens is 176 g/mol. The summed E-state index contributed by atoms with van der Waals surface area (Å²) in [5.74, 6) is 0.323. The number of amides is 1. The van der Waals surface area contributed by atoms with E-state index in [9.17, 15) is 4.79 Å². The van der Waals surface area contributed by atoms with Crippen LogP contribution in [0.2, 0.25) is 0 Å². The summed E-state index contributed by atoms with van der Waals surface area (Å²) in [5.41, 5.74) is 0.0932. The van der Waals surface area contributed by atoms with Gasteiger partial charge in [0.2, 0.25) is 5.91 Å². The van der Waals surface area contributed by atoms with Gasteiger partial charge in [-0.2, -0.15) is 0 Å². The van der Waals surface area contributed by atoms with E-state index in [1.165, 1.54) is 19.3 Å². The van der Waals surface area contributed by atoms with Gasteiger partial charge in [-0.15, -0.1) is 0 Å². The summed E-state index contributed by atoms with van der Waals surface area (Å²) in [7, 11) is 0. The fraction of sp³-hybridized carbons (Fsp3) is 0.909. The third kappa shape index (κ3) is 1.92. The van der Waals surface area contributed by atoms with E-state index in [-0.39, 0.29) is 11.6 Å². The van der Waals surface area contributed by atoms with Crippen molar-refractivity contribution in [3.05, 3.63) is 0 Å². The maximum Gasteiger partial charge on any atom is 0.239 e. The molecule has 3 nitrogen and oxygen atoms in total. The molecule has 2 fully saturated rings. The fourth-order valence-corrected chi connectivity index (χ4v) is 2.57. The number of hydrogen-bond acceptors (Lipinski definition) is 2.